The van der Waals surface area contributed by atoms with Gasteiger partial charge in [0.1, 0.15) is 23.5 Å². The number of halogens is 1. The summed E-state index contributed by atoms with van der Waals surface area (Å²) in [6.07, 6.45) is 7.10. The highest BCUT2D eigenvalue weighted by atomic mass is 32.2. The summed E-state index contributed by atoms with van der Waals surface area (Å²) in [5, 5.41) is 2.17. The molecule has 6 atom stereocenters. The molecule has 5 aliphatic rings. The van der Waals surface area contributed by atoms with Crippen molar-refractivity contribution >= 4 is 33.8 Å². The number of fused-ring (bicyclic) bond motifs is 3. The quantitative estimate of drug-likeness (QED) is 0.376. The minimum Gasteiger partial charge on any atom is -0.444 e. The number of carbonyl (C=O) groups excluding carboxylic acids is 4. The minimum absolute atomic E-state index is 0.0530. The first kappa shape index (κ1) is 34.3. The zero-order chi connectivity index (χ0) is 34.2. The molecule has 1 saturated heterocycles. The molecule has 0 aromatic heterocycles. The Kier molecular flexibility index (Phi) is 9.83. The fraction of sp³-hybridized carbons (Fsp3) is 0.636. The van der Waals surface area contributed by atoms with Gasteiger partial charge >= 0.3 is 6.09 Å². The molecule has 15 heteroatoms. The average molecular weight is 690 g/mol. The highest BCUT2D eigenvalue weighted by molar-refractivity contribution is 7.91. The number of rotatable bonds is 6. The summed E-state index contributed by atoms with van der Waals surface area (Å²) in [4.78, 5) is 57.5. The van der Waals surface area contributed by atoms with Gasteiger partial charge in [0.2, 0.25) is 21.8 Å². The predicted molar refractivity (Wildman–Crippen MR) is 171 cm³/mol. The Morgan fingerprint density at radius 1 is 1.17 bits per heavy atom. The maximum atomic E-state index is 14.6. The number of sulfonamides is 1. The van der Waals surface area contributed by atoms with Crippen molar-refractivity contribution in [3.05, 3.63) is 47.3 Å². The van der Waals surface area contributed by atoms with Crippen LogP contribution in [0.15, 0.2) is 30.4 Å². The molecular formula is C33H44FN5O8S. The lowest BCUT2D eigenvalue weighted by atomic mass is 9.93. The van der Waals surface area contributed by atoms with Gasteiger partial charge in [-0.25, -0.2) is 17.6 Å². The number of ether oxygens (including phenoxy) is 2. The molecule has 13 nitrogen and oxygen atoms in total. The van der Waals surface area contributed by atoms with E-state index in [4.69, 9.17) is 15.2 Å². The summed E-state index contributed by atoms with van der Waals surface area (Å²) < 4.78 is 53.4. The molecule has 6 rings (SSSR count). The van der Waals surface area contributed by atoms with E-state index in [0.717, 1.165) is 19.3 Å². The van der Waals surface area contributed by atoms with E-state index in [1.807, 2.05) is 12.2 Å². The molecule has 0 spiro atoms. The van der Waals surface area contributed by atoms with Crippen molar-refractivity contribution in [3.8, 4) is 0 Å². The van der Waals surface area contributed by atoms with Gasteiger partial charge in [-0.15, -0.1) is 0 Å². The van der Waals surface area contributed by atoms with Crippen LogP contribution < -0.4 is 15.8 Å². The van der Waals surface area contributed by atoms with Crippen molar-refractivity contribution in [2.24, 2.45) is 11.7 Å². The molecule has 0 bridgehead atoms. The first-order valence-electron chi connectivity index (χ1n) is 16.8. The summed E-state index contributed by atoms with van der Waals surface area (Å²) in [5.74, 6) is -2.70. The van der Waals surface area contributed by atoms with Crippen molar-refractivity contribution in [1.82, 2.24) is 19.8 Å². The van der Waals surface area contributed by atoms with Crippen molar-refractivity contribution in [1.29, 1.82) is 0 Å². The first-order chi connectivity index (χ1) is 22.9. The summed E-state index contributed by atoms with van der Waals surface area (Å²) in [6, 6.07) is 2.10. The predicted octanol–water partition coefficient (Wildman–Crippen LogP) is 1.81. The largest absolute Gasteiger partial charge is 0.444 e. The van der Waals surface area contributed by atoms with Gasteiger partial charge in [-0.2, -0.15) is 0 Å². The Hall–Kier alpha value is -3.56. The molecule has 1 aromatic carbocycles. The number of amides is 4. The van der Waals surface area contributed by atoms with Gasteiger partial charge in [0.25, 0.3) is 5.91 Å². The topological polar surface area (TPSA) is 177 Å². The number of methoxy groups -OCH3 is 1. The van der Waals surface area contributed by atoms with Crippen LogP contribution in [0.2, 0.25) is 0 Å². The Balaban J connectivity index is 1.22. The summed E-state index contributed by atoms with van der Waals surface area (Å²) in [6.45, 7) is 0.196. The van der Waals surface area contributed by atoms with Crippen LogP contribution >= 0.6 is 0 Å². The number of hydrogen-bond donors (Lipinski definition) is 3. The van der Waals surface area contributed by atoms with E-state index in [1.54, 1.807) is 12.1 Å². The third kappa shape index (κ3) is 6.95. The lowest BCUT2D eigenvalue weighted by molar-refractivity contribution is -0.140. The number of benzene rings is 1. The van der Waals surface area contributed by atoms with Crippen LogP contribution in [-0.4, -0.2) is 97.8 Å². The Bertz CT molecular complexity index is 1590. The highest BCUT2D eigenvalue weighted by Gasteiger charge is 2.62. The molecular weight excluding hydrogens is 645 g/mol. The van der Waals surface area contributed by atoms with Gasteiger partial charge in [-0.3, -0.25) is 24.0 Å². The molecule has 48 heavy (non-hydrogen) atoms. The highest BCUT2D eigenvalue weighted by Crippen LogP contribution is 2.46. The monoisotopic (exact) mass is 689 g/mol. The van der Waals surface area contributed by atoms with Gasteiger partial charge in [-0.1, -0.05) is 37.1 Å². The smallest absolute Gasteiger partial charge is 0.410 e. The van der Waals surface area contributed by atoms with E-state index >= 15 is 0 Å². The van der Waals surface area contributed by atoms with Crippen LogP contribution in [0.4, 0.5) is 9.18 Å². The van der Waals surface area contributed by atoms with Crippen molar-refractivity contribution < 1.29 is 41.5 Å². The van der Waals surface area contributed by atoms with E-state index in [-0.39, 0.29) is 44.8 Å². The Morgan fingerprint density at radius 2 is 1.96 bits per heavy atom. The van der Waals surface area contributed by atoms with Crippen LogP contribution in [0.5, 0.6) is 0 Å². The van der Waals surface area contributed by atoms with Crippen LogP contribution in [0.3, 0.4) is 0 Å². The number of carbonyl (C=O) groups is 4. The zero-order valence-corrected chi connectivity index (χ0v) is 27.9. The van der Waals surface area contributed by atoms with Crippen LogP contribution in [0.1, 0.15) is 75.0 Å². The van der Waals surface area contributed by atoms with Crippen LogP contribution in [0.25, 0.3) is 0 Å². The number of nitrogens with two attached hydrogens (primary N) is 1. The normalized spacial score (nSPS) is 31.7. The fourth-order valence-corrected chi connectivity index (χ4v) is 8.58. The first-order valence-corrected chi connectivity index (χ1v) is 18.3. The summed E-state index contributed by atoms with van der Waals surface area (Å²) >= 11 is 0. The molecule has 4 N–H and O–H groups in total. The summed E-state index contributed by atoms with van der Waals surface area (Å²) in [7, 11) is -2.39. The standard InChI is InChI=1S/C33H44FN5O8S/c1-46-19-28-24-9-7-10-25(34)23(24)14-15-38(28)32(43)47-21-16-27-29(40)36-33(31(42)37-48(44,45)22-12-13-22)17-20(33)8-5-3-2-4-6-11-26(35)30(41)39(27)18-21/h5,7-10,20-22,26-28H,2-4,6,11-19,35H2,1H3,(H,36,40)(H,37,42)/b8-5-/t20-,21+,26-,27?,28?,33+/m0/s1. The molecule has 0 radical (unpaired) electrons. The second-order valence-corrected chi connectivity index (χ2v) is 15.6. The molecule has 2 saturated carbocycles. The fourth-order valence-electron chi connectivity index (χ4n) is 7.22. The van der Waals surface area contributed by atoms with Gasteiger partial charge < -0.3 is 25.4 Å². The molecule has 262 valence electrons. The van der Waals surface area contributed by atoms with Gasteiger partial charge in [0, 0.05) is 26.0 Å². The van der Waals surface area contributed by atoms with E-state index in [0.29, 0.717) is 36.8 Å². The number of nitrogens with zero attached hydrogens (tertiary/aromatic N) is 2. The van der Waals surface area contributed by atoms with Crippen molar-refractivity contribution in [3.63, 3.8) is 0 Å². The minimum atomic E-state index is -3.87. The molecule has 1 aromatic rings. The maximum absolute atomic E-state index is 14.6. The second-order valence-electron chi connectivity index (χ2n) is 13.6. The van der Waals surface area contributed by atoms with Crippen LogP contribution in [-0.2, 0) is 40.3 Å². The molecule has 2 unspecified atom stereocenters. The Morgan fingerprint density at radius 3 is 2.71 bits per heavy atom. The molecule has 4 amide bonds. The molecule has 3 aliphatic heterocycles. The van der Waals surface area contributed by atoms with E-state index in [2.05, 4.69) is 10.0 Å². The third-order valence-corrected chi connectivity index (χ3v) is 12.0. The number of allylic oxidation sites excluding steroid dienone is 1. The second kappa shape index (κ2) is 13.7. The van der Waals surface area contributed by atoms with E-state index in [1.165, 1.54) is 23.0 Å². The number of nitrogens with one attached hydrogen (secondary N) is 2. The number of hydrogen-bond acceptors (Lipinski definition) is 9. The van der Waals surface area contributed by atoms with E-state index in [9.17, 15) is 32.0 Å². The lowest BCUT2D eigenvalue weighted by Gasteiger charge is -2.36. The SMILES string of the molecule is COCC1c2cccc(F)c2CCN1C(=O)O[C@@H]1CC2C(=O)N[C@]3(C(=O)NS(=O)(=O)C4CC4)C[C@@H]3/C=C\CCCCC[C@H](N)C(=O)N2C1. The molecule has 3 heterocycles. The lowest BCUT2D eigenvalue weighted by Crippen LogP contribution is -2.57. The summed E-state index contributed by atoms with van der Waals surface area (Å²) in [5.41, 5.74) is 5.96. The van der Waals surface area contributed by atoms with Crippen molar-refractivity contribution in [2.75, 3.05) is 26.8 Å². The Labute approximate surface area is 279 Å². The third-order valence-electron chi connectivity index (χ3n) is 10.2. The zero-order valence-electron chi connectivity index (χ0n) is 27.1. The van der Waals surface area contributed by atoms with Gasteiger partial charge in [0.05, 0.1) is 30.5 Å². The van der Waals surface area contributed by atoms with Gasteiger partial charge in [0.15, 0.2) is 0 Å². The maximum Gasteiger partial charge on any atom is 0.410 e. The van der Waals surface area contributed by atoms with Crippen LogP contribution in [0, 0.1) is 11.7 Å². The average Bonchev–Trinajstić information content (AvgIpc) is 3.97. The van der Waals surface area contributed by atoms with E-state index < -0.39 is 74.8 Å². The van der Waals surface area contributed by atoms with Crippen molar-refractivity contribution in [2.45, 2.75) is 99.2 Å². The van der Waals surface area contributed by atoms with Gasteiger partial charge in [-0.05, 0) is 62.1 Å². The molecule has 3 fully saturated rings. The molecule has 2 aliphatic carbocycles.